The Morgan fingerprint density at radius 2 is 1.54 bits per heavy atom. The highest BCUT2D eigenvalue weighted by atomic mass is 32.2. The standard InChI is InChI=1S/C34H28F6N4O4S2/c1-3-42(4-2)20-14-12-18(13-15-20)25-26-27(30(47)44(29(26)46)21-9-7-8-19(16-21)33(35,36)37)49-31-28(25)50-32(48)43(31)17-24(45)41-23-11-6-5-10-22(23)34(38,39)40/h5-16,25-27H,3-4,17H2,1-2H3,(H,41,45). The lowest BCUT2D eigenvalue weighted by atomic mass is 9.83. The van der Waals surface area contributed by atoms with Crippen LogP contribution in [-0.4, -0.2) is 40.6 Å². The molecule has 0 spiro atoms. The van der Waals surface area contributed by atoms with Crippen LogP contribution < -0.4 is 20.0 Å². The maximum Gasteiger partial charge on any atom is 0.418 e. The van der Waals surface area contributed by atoms with Gasteiger partial charge in [0.1, 0.15) is 11.8 Å². The van der Waals surface area contributed by atoms with Crippen LogP contribution in [0, 0.1) is 5.92 Å². The number of halogens is 6. The monoisotopic (exact) mass is 734 g/mol. The third kappa shape index (κ3) is 6.41. The number of imide groups is 1. The molecule has 0 bridgehead atoms. The Hall–Kier alpha value is -4.57. The van der Waals surface area contributed by atoms with E-state index < -0.39 is 75.4 Å². The lowest BCUT2D eigenvalue weighted by Gasteiger charge is -2.31. The molecule has 8 nitrogen and oxygen atoms in total. The summed E-state index contributed by atoms with van der Waals surface area (Å²) in [6, 6.07) is 15.4. The molecule has 2 aliphatic heterocycles. The molecule has 3 amide bonds. The van der Waals surface area contributed by atoms with Crippen molar-refractivity contribution in [3.8, 4) is 0 Å². The third-order valence-electron chi connectivity index (χ3n) is 8.67. The highest BCUT2D eigenvalue weighted by Crippen LogP contribution is 2.54. The molecule has 0 aliphatic carbocycles. The topological polar surface area (TPSA) is 91.7 Å². The van der Waals surface area contributed by atoms with Gasteiger partial charge in [0.25, 0.3) is 0 Å². The first-order valence-corrected chi connectivity index (χ1v) is 17.1. The van der Waals surface area contributed by atoms with E-state index >= 15 is 0 Å². The molecule has 1 fully saturated rings. The highest BCUT2D eigenvalue weighted by molar-refractivity contribution is 8.00. The molecule has 0 radical (unpaired) electrons. The summed E-state index contributed by atoms with van der Waals surface area (Å²) in [5.41, 5.74) is -1.46. The Labute approximate surface area is 289 Å². The molecular formula is C34H28F6N4O4S2. The zero-order valence-electron chi connectivity index (χ0n) is 26.3. The molecule has 1 saturated heterocycles. The minimum atomic E-state index is -4.76. The zero-order valence-corrected chi connectivity index (χ0v) is 28.0. The van der Waals surface area contributed by atoms with Crippen molar-refractivity contribution < 1.29 is 40.7 Å². The molecule has 3 aromatic carbocycles. The van der Waals surface area contributed by atoms with Crippen molar-refractivity contribution in [1.82, 2.24) is 4.57 Å². The quantitative estimate of drug-likeness (QED) is 0.152. The van der Waals surface area contributed by atoms with E-state index in [1.54, 1.807) is 12.1 Å². The van der Waals surface area contributed by atoms with E-state index in [9.17, 15) is 45.5 Å². The zero-order chi connectivity index (χ0) is 36.1. The average molecular weight is 735 g/mol. The van der Waals surface area contributed by atoms with Gasteiger partial charge in [0.15, 0.2) is 0 Å². The van der Waals surface area contributed by atoms with E-state index in [4.69, 9.17) is 0 Å². The molecule has 16 heteroatoms. The fourth-order valence-corrected chi connectivity index (χ4v) is 9.12. The SMILES string of the molecule is CCN(CC)c1ccc(C2c3sc(=O)n(CC(=O)Nc4ccccc4C(F)(F)F)c3SC3C(=O)N(c4cccc(C(F)(F)F)c4)C(=O)C32)cc1. The van der Waals surface area contributed by atoms with Gasteiger partial charge in [-0.05, 0) is 61.9 Å². The number of para-hydroxylation sites is 1. The van der Waals surface area contributed by atoms with Crippen LogP contribution in [0.25, 0.3) is 0 Å². The predicted octanol–water partition coefficient (Wildman–Crippen LogP) is 7.23. The second-order valence-corrected chi connectivity index (χ2v) is 13.7. The van der Waals surface area contributed by atoms with Crippen LogP contribution in [0.5, 0.6) is 0 Å². The third-order valence-corrected chi connectivity index (χ3v) is 11.3. The highest BCUT2D eigenvalue weighted by Gasteiger charge is 2.57. The van der Waals surface area contributed by atoms with Gasteiger partial charge in [-0.15, -0.1) is 0 Å². The number of rotatable bonds is 8. The number of thioether (sulfide) groups is 1. The molecule has 6 rings (SSSR count). The molecule has 50 heavy (non-hydrogen) atoms. The smallest absolute Gasteiger partial charge is 0.372 e. The van der Waals surface area contributed by atoms with Crippen molar-refractivity contribution in [2.45, 2.75) is 48.9 Å². The number of anilines is 3. The molecule has 262 valence electrons. The van der Waals surface area contributed by atoms with E-state index in [0.717, 1.165) is 68.6 Å². The van der Waals surface area contributed by atoms with Crippen LogP contribution in [0.1, 0.15) is 41.3 Å². The molecule has 2 aliphatic rings. The van der Waals surface area contributed by atoms with Crippen molar-refractivity contribution in [3.05, 3.63) is 104 Å². The van der Waals surface area contributed by atoms with Gasteiger partial charge in [0.2, 0.25) is 17.7 Å². The fraction of sp³-hybridized carbons (Fsp3) is 0.294. The minimum absolute atomic E-state index is 0.172. The normalized spacial score (nSPS) is 19.0. The Morgan fingerprint density at radius 3 is 2.18 bits per heavy atom. The van der Waals surface area contributed by atoms with Crippen LogP contribution >= 0.6 is 23.1 Å². The van der Waals surface area contributed by atoms with Gasteiger partial charge in [0.05, 0.1) is 33.4 Å². The number of amides is 3. The number of hydrogen-bond donors (Lipinski definition) is 1. The summed E-state index contributed by atoms with van der Waals surface area (Å²) in [5.74, 6) is -4.50. The van der Waals surface area contributed by atoms with Crippen LogP contribution in [0.4, 0.5) is 43.4 Å². The fourth-order valence-electron chi connectivity index (χ4n) is 6.34. The molecule has 4 aromatic rings. The number of carbonyl (C=O) groups is 3. The molecule has 3 atom stereocenters. The van der Waals surface area contributed by atoms with Crippen molar-refractivity contribution in [3.63, 3.8) is 0 Å². The molecule has 3 heterocycles. The number of nitrogens with zero attached hydrogens (tertiary/aromatic N) is 3. The van der Waals surface area contributed by atoms with Crippen molar-refractivity contribution in [2.75, 3.05) is 28.2 Å². The minimum Gasteiger partial charge on any atom is -0.372 e. The first-order valence-electron chi connectivity index (χ1n) is 15.4. The first-order chi connectivity index (χ1) is 23.6. The number of alkyl halides is 6. The maximum absolute atomic E-state index is 14.1. The van der Waals surface area contributed by atoms with E-state index in [1.807, 2.05) is 26.0 Å². The number of thiazole rings is 1. The van der Waals surface area contributed by atoms with Crippen LogP contribution in [0.2, 0.25) is 0 Å². The van der Waals surface area contributed by atoms with E-state index in [2.05, 4.69) is 10.2 Å². The van der Waals surface area contributed by atoms with Crippen molar-refractivity contribution >= 4 is 57.9 Å². The van der Waals surface area contributed by atoms with Crippen molar-refractivity contribution in [1.29, 1.82) is 0 Å². The van der Waals surface area contributed by atoms with Gasteiger partial charge in [-0.25, -0.2) is 4.90 Å². The second kappa shape index (κ2) is 13.3. The molecule has 0 saturated carbocycles. The van der Waals surface area contributed by atoms with E-state index in [-0.39, 0.29) is 10.7 Å². The van der Waals surface area contributed by atoms with Gasteiger partial charge < -0.3 is 10.2 Å². The molecule has 1 N–H and O–H groups in total. The van der Waals surface area contributed by atoms with Gasteiger partial charge >= 0.3 is 17.2 Å². The van der Waals surface area contributed by atoms with Gasteiger partial charge in [-0.3, -0.25) is 23.7 Å². The Kier molecular flexibility index (Phi) is 9.37. The summed E-state index contributed by atoms with van der Waals surface area (Å²) in [4.78, 5) is 57.2. The van der Waals surface area contributed by atoms with Crippen LogP contribution in [0.15, 0.2) is 82.6 Å². The van der Waals surface area contributed by atoms with E-state index in [1.165, 1.54) is 18.2 Å². The predicted molar refractivity (Wildman–Crippen MR) is 178 cm³/mol. The summed E-state index contributed by atoms with van der Waals surface area (Å²) >= 11 is 1.57. The number of carbonyl (C=O) groups excluding carboxylic acids is 3. The van der Waals surface area contributed by atoms with Crippen LogP contribution in [-0.2, 0) is 33.3 Å². The Morgan fingerprint density at radius 1 is 0.860 bits per heavy atom. The van der Waals surface area contributed by atoms with Gasteiger partial charge in [0, 0.05) is 29.6 Å². The van der Waals surface area contributed by atoms with Crippen molar-refractivity contribution in [2.24, 2.45) is 5.92 Å². The second-order valence-electron chi connectivity index (χ2n) is 11.6. The summed E-state index contributed by atoms with van der Waals surface area (Å²) < 4.78 is 82.6. The molecule has 1 aromatic heterocycles. The number of fused-ring (bicyclic) bond motifs is 2. The number of aromatic nitrogens is 1. The lowest BCUT2D eigenvalue weighted by molar-refractivity contribution is -0.138. The Balaban J connectivity index is 1.41. The molecular weight excluding hydrogens is 707 g/mol. The Bertz CT molecular complexity index is 2020. The molecule has 3 unspecified atom stereocenters. The lowest BCUT2D eigenvalue weighted by Crippen LogP contribution is -2.33. The largest absolute Gasteiger partial charge is 0.418 e. The number of nitrogens with one attached hydrogen (secondary N) is 1. The van der Waals surface area contributed by atoms with Gasteiger partial charge in [-0.1, -0.05) is 53.4 Å². The summed E-state index contributed by atoms with van der Waals surface area (Å²) in [6.45, 7) is 4.69. The van der Waals surface area contributed by atoms with Gasteiger partial charge in [-0.2, -0.15) is 26.3 Å². The maximum atomic E-state index is 14.1. The summed E-state index contributed by atoms with van der Waals surface area (Å²) in [7, 11) is 0. The first kappa shape index (κ1) is 35.3. The summed E-state index contributed by atoms with van der Waals surface area (Å²) in [5, 5.41) is 1.20. The van der Waals surface area contributed by atoms with Crippen LogP contribution in [0.3, 0.4) is 0 Å². The average Bonchev–Trinajstić information content (AvgIpc) is 3.51. The van der Waals surface area contributed by atoms with E-state index in [0.29, 0.717) is 23.5 Å². The summed E-state index contributed by atoms with van der Waals surface area (Å²) in [6.07, 6.45) is -9.50. The number of hydrogen-bond acceptors (Lipinski definition) is 7. The number of benzene rings is 3.